The average molecular weight is 261 g/mol. The molecule has 0 amide bonds. The predicted octanol–water partition coefficient (Wildman–Crippen LogP) is 3.09. The van der Waals surface area contributed by atoms with Crippen molar-refractivity contribution in [3.63, 3.8) is 0 Å². The zero-order valence-electron chi connectivity index (χ0n) is 12.0. The topological polar surface area (TPSA) is 43.0 Å². The van der Waals surface area contributed by atoms with Gasteiger partial charge in [0, 0.05) is 12.7 Å². The van der Waals surface area contributed by atoms with Crippen LogP contribution in [0.5, 0.6) is 0 Å². The summed E-state index contributed by atoms with van der Waals surface area (Å²) in [6, 6.07) is 4.31. The van der Waals surface area contributed by atoms with Gasteiger partial charge in [-0.25, -0.2) is 0 Å². The third-order valence-electron chi connectivity index (χ3n) is 3.20. The maximum Gasteiger partial charge on any atom is 0.121 e. The van der Waals surface area contributed by atoms with Gasteiger partial charge < -0.3 is 9.73 Å². The molecule has 0 aliphatic heterocycles. The summed E-state index contributed by atoms with van der Waals surface area (Å²) in [4.78, 5) is 0. The Hall–Kier alpha value is -1.55. The number of furan rings is 1. The highest BCUT2D eigenvalue weighted by Gasteiger charge is 2.15. The Labute approximate surface area is 114 Å². The van der Waals surface area contributed by atoms with Gasteiger partial charge in [-0.1, -0.05) is 6.92 Å². The van der Waals surface area contributed by atoms with Crippen molar-refractivity contribution in [3.05, 3.63) is 41.6 Å². The van der Waals surface area contributed by atoms with Crippen molar-refractivity contribution in [2.75, 3.05) is 6.54 Å². The normalized spacial score (nSPS) is 12.8. The van der Waals surface area contributed by atoms with Crippen LogP contribution in [0.1, 0.15) is 43.4 Å². The molecule has 2 aromatic rings. The third kappa shape index (κ3) is 3.70. The van der Waals surface area contributed by atoms with Crippen LogP contribution < -0.4 is 5.32 Å². The van der Waals surface area contributed by atoms with Gasteiger partial charge in [-0.2, -0.15) is 5.10 Å². The molecule has 4 heteroatoms. The lowest BCUT2D eigenvalue weighted by atomic mass is 10.1. The lowest BCUT2D eigenvalue weighted by molar-refractivity contribution is 0.398. The lowest BCUT2D eigenvalue weighted by Crippen LogP contribution is -2.23. The van der Waals surface area contributed by atoms with Gasteiger partial charge in [0.1, 0.15) is 11.5 Å². The van der Waals surface area contributed by atoms with Crippen LogP contribution in [-0.4, -0.2) is 16.3 Å². The third-order valence-corrected chi connectivity index (χ3v) is 3.20. The fourth-order valence-electron chi connectivity index (χ4n) is 2.15. The minimum Gasteiger partial charge on any atom is -0.465 e. The highest BCUT2D eigenvalue weighted by atomic mass is 16.3. The second-order valence-electron chi connectivity index (χ2n) is 4.86. The Morgan fingerprint density at radius 3 is 2.79 bits per heavy atom. The number of aromatic nitrogens is 2. The standard InChI is InChI=1S/C15H23N3O/c1-4-8-16-14(15-7-6-12(3)19-15)9-13-10-17-18(5-2)11-13/h6-7,10-11,14,16H,4-5,8-9H2,1-3H3. The van der Waals surface area contributed by atoms with E-state index in [0.717, 1.165) is 37.5 Å². The molecular weight excluding hydrogens is 238 g/mol. The van der Waals surface area contributed by atoms with Crippen molar-refractivity contribution in [3.8, 4) is 0 Å². The molecule has 0 aliphatic carbocycles. The van der Waals surface area contributed by atoms with E-state index in [1.807, 2.05) is 23.9 Å². The van der Waals surface area contributed by atoms with Gasteiger partial charge in [-0.15, -0.1) is 0 Å². The molecule has 0 aliphatic rings. The van der Waals surface area contributed by atoms with Crippen LogP contribution in [0, 0.1) is 6.92 Å². The van der Waals surface area contributed by atoms with Crippen molar-refractivity contribution in [1.29, 1.82) is 0 Å². The second kappa shape index (κ2) is 6.57. The summed E-state index contributed by atoms with van der Waals surface area (Å²) in [6.45, 7) is 8.15. The molecule has 0 fully saturated rings. The molecular formula is C15H23N3O. The summed E-state index contributed by atoms with van der Waals surface area (Å²) >= 11 is 0. The van der Waals surface area contributed by atoms with Gasteiger partial charge in [-0.3, -0.25) is 4.68 Å². The Bertz CT molecular complexity index is 501. The Kier molecular flexibility index (Phi) is 4.80. The molecule has 0 saturated carbocycles. The molecule has 0 aromatic carbocycles. The summed E-state index contributed by atoms with van der Waals surface area (Å²) in [5.41, 5.74) is 1.24. The molecule has 0 saturated heterocycles. The van der Waals surface area contributed by atoms with Gasteiger partial charge in [-0.05, 0) is 50.9 Å². The van der Waals surface area contributed by atoms with Gasteiger partial charge in [0.2, 0.25) is 0 Å². The van der Waals surface area contributed by atoms with Crippen molar-refractivity contribution in [2.45, 2.75) is 46.2 Å². The molecule has 19 heavy (non-hydrogen) atoms. The summed E-state index contributed by atoms with van der Waals surface area (Å²) in [5.74, 6) is 1.97. The number of nitrogens with zero attached hydrogens (tertiary/aromatic N) is 2. The van der Waals surface area contributed by atoms with Crippen molar-refractivity contribution >= 4 is 0 Å². The molecule has 0 bridgehead atoms. The van der Waals surface area contributed by atoms with Gasteiger partial charge in [0.05, 0.1) is 12.2 Å². The minimum absolute atomic E-state index is 0.225. The molecule has 4 nitrogen and oxygen atoms in total. The molecule has 0 radical (unpaired) electrons. The highest BCUT2D eigenvalue weighted by Crippen LogP contribution is 2.20. The van der Waals surface area contributed by atoms with Crippen molar-refractivity contribution in [2.24, 2.45) is 0 Å². The van der Waals surface area contributed by atoms with Crippen LogP contribution in [-0.2, 0) is 13.0 Å². The van der Waals surface area contributed by atoms with E-state index in [1.165, 1.54) is 5.56 Å². The zero-order chi connectivity index (χ0) is 13.7. The van der Waals surface area contributed by atoms with Crippen LogP contribution in [0.25, 0.3) is 0 Å². The van der Waals surface area contributed by atoms with E-state index < -0.39 is 0 Å². The molecule has 1 N–H and O–H groups in total. The zero-order valence-corrected chi connectivity index (χ0v) is 12.0. The van der Waals surface area contributed by atoms with Crippen LogP contribution in [0.2, 0.25) is 0 Å². The number of hydrogen-bond acceptors (Lipinski definition) is 3. The smallest absolute Gasteiger partial charge is 0.121 e. The van der Waals surface area contributed by atoms with E-state index in [9.17, 15) is 0 Å². The quantitative estimate of drug-likeness (QED) is 0.833. The highest BCUT2D eigenvalue weighted by molar-refractivity contribution is 5.15. The lowest BCUT2D eigenvalue weighted by Gasteiger charge is -2.15. The first-order chi connectivity index (χ1) is 9.22. The van der Waals surface area contributed by atoms with Crippen LogP contribution in [0.15, 0.2) is 28.9 Å². The molecule has 104 valence electrons. The summed E-state index contributed by atoms with van der Waals surface area (Å²) in [6.07, 6.45) is 6.08. The maximum atomic E-state index is 5.76. The molecule has 1 unspecified atom stereocenters. The van der Waals surface area contributed by atoms with E-state index >= 15 is 0 Å². The van der Waals surface area contributed by atoms with Gasteiger partial charge in [0.15, 0.2) is 0 Å². The summed E-state index contributed by atoms with van der Waals surface area (Å²) in [5, 5.41) is 7.87. The van der Waals surface area contributed by atoms with Crippen molar-refractivity contribution < 1.29 is 4.42 Å². The Morgan fingerprint density at radius 2 is 2.21 bits per heavy atom. The first kappa shape index (κ1) is 13.9. The van der Waals surface area contributed by atoms with E-state index in [2.05, 4.69) is 36.5 Å². The second-order valence-corrected chi connectivity index (χ2v) is 4.86. The molecule has 2 aromatic heterocycles. The fraction of sp³-hybridized carbons (Fsp3) is 0.533. The van der Waals surface area contributed by atoms with E-state index in [4.69, 9.17) is 4.42 Å². The SMILES string of the molecule is CCCNC(Cc1cnn(CC)c1)c1ccc(C)o1. The largest absolute Gasteiger partial charge is 0.465 e. The van der Waals surface area contributed by atoms with E-state index in [0.29, 0.717) is 0 Å². The predicted molar refractivity (Wildman–Crippen MR) is 76.1 cm³/mol. The van der Waals surface area contributed by atoms with Crippen molar-refractivity contribution in [1.82, 2.24) is 15.1 Å². The first-order valence-electron chi connectivity index (χ1n) is 7.04. The van der Waals surface area contributed by atoms with Crippen LogP contribution in [0.4, 0.5) is 0 Å². The average Bonchev–Trinajstić information content (AvgIpc) is 3.03. The molecule has 1 atom stereocenters. The fourth-order valence-corrected chi connectivity index (χ4v) is 2.15. The first-order valence-corrected chi connectivity index (χ1v) is 7.04. The number of aryl methyl sites for hydroxylation is 2. The van der Waals surface area contributed by atoms with Gasteiger partial charge >= 0.3 is 0 Å². The Morgan fingerprint density at radius 1 is 1.37 bits per heavy atom. The Balaban J connectivity index is 2.09. The molecule has 2 heterocycles. The van der Waals surface area contributed by atoms with Gasteiger partial charge in [0.25, 0.3) is 0 Å². The molecule has 0 spiro atoms. The van der Waals surface area contributed by atoms with Crippen LogP contribution >= 0.6 is 0 Å². The maximum absolute atomic E-state index is 5.76. The number of hydrogen-bond donors (Lipinski definition) is 1. The summed E-state index contributed by atoms with van der Waals surface area (Å²) < 4.78 is 7.72. The van der Waals surface area contributed by atoms with E-state index in [1.54, 1.807) is 0 Å². The molecule has 2 rings (SSSR count). The summed E-state index contributed by atoms with van der Waals surface area (Å²) in [7, 11) is 0. The van der Waals surface area contributed by atoms with Crippen LogP contribution in [0.3, 0.4) is 0 Å². The monoisotopic (exact) mass is 261 g/mol. The van der Waals surface area contributed by atoms with E-state index in [-0.39, 0.29) is 6.04 Å². The number of nitrogens with one attached hydrogen (secondary N) is 1. The minimum atomic E-state index is 0.225. The number of rotatable bonds is 7.